The summed E-state index contributed by atoms with van der Waals surface area (Å²) in [7, 11) is 0. The van der Waals surface area contributed by atoms with Crippen LogP contribution in [0.4, 0.5) is 5.69 Å². The smallest absolute Gasteiger partial charge is 0.251 e. The van der Waals surface area contributed by atoms with Crippen LogP contribution in [0.5, 0.6) is 0 Å². The van der Waals surface area contributed by atoms with Gasteiger partial charge in [0.15, 0.2) is 0 Å². The van der Waals surface area contributed by atoms with Gasteiger partial charge in [0.05, 0.1) is 5.41 Å². The lowest BCUT2D eigenvalue weighted by atomic mass is 9.94. The van der Waals surface area contributed by atoms with Crippen molar-refractivity contribution in [2.24, 2.45) is 0 Å². The van der Waals surface area contributed by atoms with Gasteiger partial charge in [-0.3, -0.25) is 9.59 Å². The third-order valence-corrected chi connectivity index (χ3v) is 5.77. The SMILES string of the molecule is Cc1ccc(C(=O)NC2CC2)cc1NC(=O)C1(c2ccc(Br)cc2)CC1. The number of rotatable bonds is 5. The topological polar surface area (TPSA) is 58.2 Å². The molecule has 0 aromatic heterocycles. The number of hydrogen-bond acceptors (Lipinski definition) is 2. The lowest BCUT2D eigenvalue weighted by molar-refractivity contribution is -0.118. The fourth-order valence-electron chi connectivity index (χ4n) is 3.18. The van der Waals surface area contributed by atoms with Crippen molar-refractivity contribution in [2.75, 3.05) is 5.32 Å². The number of carbonyl (C=O) groups excluding carboxylic acids is 2. The number of benzene rings is 2. The van der Waals surface area contributed by atoms with Crippen molar-refractivity contribution in [3.05, 3.63) is 63.6 Å². The Balaban J connectivity index is 1.53. The second-order valence-electron chi connectivity index (χ2n) is 7.32. The Hall–Kier alpha value is -2.14. The second kappa shape index (κ2) is 6.54. The van der Waals surface area contributed by atoms with Gasteiger partial charge in [-0.15, -0.1) is 0 Å². The van der Waals surface area contributed by atoms with Crippen molar-refractivity contribution in [1.82, 2.24) is 5.32 Å². The number of anilines is 1. The minimum atomic E-state index is -0.445. The van der Waals surface area contributed by atoms with E-state index in [-0.39, 0.29) is 11.8 Å². The number of aryl methyl sites for hydroxylation is 1. The number of hydrogen-bond donors (Lipinski definition) is 2. The molecule has 2 amide bonds. The zero-order valence-electron chi connectivity index (χ0n) is 14.6. The average Bonchev–Trinajstić information content (AvgIpc) is 3.52. The van der Waals surface area contributed by atoms with Gasteiger partial charge < -0.3 is 10.6 Å². The van der Waals surface area contributed by atoms with Crippen LogP contribution in [0.25, 0.3) is 0 Å². The summed E-state index contributed by atoms with van der Waals surface area (Å²) in [6.07, 6.45) is 3.80. The lowest BCUT2D eigenvalue weighted by Gasteiger charge is -2.17. The molecule has 5 heteroatoms. The van der Waals surface area contributed by atoms with Gasteiger partial charge in [-0.1, -0.05) is 34.1 Å². The van der Waals surface area contributed by atoms with Gasteiger partial charge in [0, 0.05) is 21.8 Å². The van der Waals surface area contributed by atoms with E-state index in [2.05, 4.69) is 26.6 Å². The fraction of sp³-hybridized carbons (Fsp3) is 0.333. The number of nitrogens with one attached hydrogen (secondary N) is 2. The summed E-state index contributed by atoms with van der Waals surface area (Å²) in [5.41, 5.74) is 2.85. The maximum atomic E-state index is 13.0. The summed E-state index contributed by atoms with van der Waals surface area (Å²) in [5.74, 6) is -0.0697. The highest BCUT2D eigenvalue weighted by molar-refractivity contribution is 9.10. The van der Waals surface area contributed by atoms with Crippen LogP contribution in [-0.2, 0) is 10.2 Å². The first-order chi connectivity index (χ1) is 12.5. The predicted molar refractivity (Wildman–Crippen MR) is 105 cm³/mol. The van der Waals surface area contributed by atoms with E-state index >= 15 is 0 Å². The first kappa shape index (κ1) is 17.3. The van der Waals surface area contributed by atoms with Gasteiger partial charge in [0.1, 0.15) is 0 Å². The molecule has 0 bridgehead atoms. The van der Waals surface area contributed by atoms with Gasteiger partial charge in [-0.2, -0.15) is 0 Å². The van der Waals surface area contributed by atoms with Crippen molar-refractivity contribution in [1.29, 1.82) is 0 Å². The summed E-state index contributed by atoms with van der Waals surface area (Å²) in [4.78, 5) is 25.3. The summed E-state index contributed by atoms with van der Waals surface area (Å²) in [6, 6.07) is 13.7. The largest absolute Gasteiger partial charge is 0.349 e. The molecule has 134 valence electrons. The van der Waals surface area contributed by atoms with Gasteiger partial charge in [-0.25, -0.2) is 0 Å². The highest BCUT2D eigenvalue weighted by Gasteiger charge is 2.51. The zero-order chi connectivity index (χ0) is 18.3. The Labute approximate surface area is 161 Å². The number of halogens is 1. The van der Waals surface area contributed by atoms with Crippen LogP contribution in [0.1, 0.15) is 47.2 Å². The Bertz CT molecular complexity index is 868. The molecule has 2 N–H and O–H groups in total. The fourth-order valence-corrected chi connectivity index (χ4v) is 3.44. The van der Waals surface area contributed by atoms with Crippen LogP contribution >= 0.6 is 15.9 Å². The molecule has 0 atom stereocenters. The van der Waals surface area contributed by atoms with Crippen LogP contribution in [-0.4, -0.2) is 17.9 Å². The molecule has 2 aliphatic rings. The minimum Gasteiger partial charge on any atom is -0.349 e. The van der Waals surface area contributed by atoms with Crippen LogP contribution in [0.2, 0.25) is 0 Å². The molecule has 2 aromatic rings. The molecular formula is C21H21BrN2O2. The first-order valence-corrected chi connectivity index (χ1v) is 9.76. The Morgan fingerprint density at radius 1 is 1.08 bits per heavy atom. The molecule has 2 aromatic carbocycles. The van der Waals surface area contributed by atoms with Crippen molar-refractivity contribution in [2.45, 2.75) is 44.1 Å². The van der Waals surface area contributed by atoms with E-state index in [1.54, 1.807) is 6.07 Å². The molecule has 2 aliphatic carbocycles. The molecule has 4 nitrogen and oxygen atoms in total. The van der Waals surface area contributed by atoms with Crippen LogP contribution in [0, 0.1) is 6.92 Å². The van der Waals surface area contributed by atoms with Gasteiger partial charge in [-0.05, 0) is 68.0 Å². The molecule has 2 saturated carbocycles. The van der Waals surface area contributed by atoms with E-state index in [4.69, 9.17) is 0 Å². The van der Waals surface area contributed by atoms with E-state index in [1.807, 2.05) is 43.3 Å². The highest BCUT2D eigenvalue weighted by Crippen LogP contribution is 2.49. The third kappa shape index (κ3) is 3.40. The van der Waals surface area contributed by atoms with Crippen LogP contribution in [0.15, 0.2) is 46.9 Å². The molecular weight excluding hydrogens is 392 g/mol. The zero-order valence-corrected chi connectivity index (χ0v) is 16.2. The summed E-state index contributed by atoms with van der Waals surface area (Å²) >= 11 is 3.44. The number of carbonyl (C=O) groups is 2. The predicted octanol–water partition coefficient (Wildman–Crippen LogP) is 4.32. The maximum absolute atomic E-state index is 13.0. The molecule has 2 fully saturated rings. The van der Waals surface area contributed by atoms with E-state index in [9.17, 15) is 9.59 Å². The molecule has 0 saturated heterocycles. The second-order valence-corrected chi connectivity index (χ2v) is 8.24. The van der Waals surface area contributed by atoms with E-state index in [0.717, 1.165) is 41.3 Å². The molecule has 0 aliphatic heterocycles. The van der Waals surface area contributed by atoms with E-state index < -0.39 is 5.41 Å². The van der Waals surface area contributed by atoms with Gasteiger partial charge in [0.25, 0.3) is 5.91 Å². The van der Waals surface area contributed by atoms with E-state index in [0.29, 0.717) is 17.3 Å². The van der Waals surface area contributed by atoms with Crippen molar-refractivity contribution < 1.29 is 9.59 Å². The van der Waals surface area contributed by atoms with Gasteiger partial charge >= 0.3 is 0 Å². The molecule has 0 radical (unpaired) electrons. The standard InChI is InChI=1S/C21H21BrN2O2/c1-13-2-3-14(19(25)23-17-8-9-17)12-18(13)24-20(26)21(10-11-21)15-4-6-16(22)7-5-15/h2-7,12,17H,8-11H2,1H3,(H,23,25)(H,24,26). The Morgan fingerprint density at radius 3 is 2.38 bits per heavy atom. The Kier molecular flexibility index (Phi) is 4.35. The van der Waals surface area contributed by atoms with Crippen molar-refractivity contribution >= 4 is 33.4 Å². The van der Waals surface area contributed by atoms with Crippen molar-refractivity contribution in [3.8, 4) is 0 Å². The molecule has 0 heterocycles. The maximum Gasteiger partial charge on any atom is 0.251 e. The highest BCUT2D eigenvalue weighted by atomic mass is 79.9. The summed E-state index contributed by atoms with van der Waals surface area (Å²) < 4.78 is 1.00. The monoisotopic (exact) mass is 412 g/mol. The van der Waals surface area contributed by atoms with Gasteiger partial charge in [0.2, 0.25) is 5.91 Å². The summed E-state index contributed by atoms with van der Waals surface area (Å²) in [6.45, 7) is 1.94. The molecule has 0 unspecified atom stereocenters. The first-order valence-electron chi connectivity index (χ1n) is 8.97. The molecule has 4 rings (SSSR count). The Morgan fingerprint density at radius 2 is 1.77 bits per heavy atom. The van der Waals surface area contributed by atoms with E-state index in [1.165, 1.54) is 0 Å². The third-order valence-electron chi connectivity index (χ3n) is 5.24. The molecule has 26 heavy (non-hydrogen) atoms. The number of amides is 2. The van der Waals surface area contributed by atoms with Crippen molar-refractivity contribution in [3.63, 3.8) is 0 Å². The summed E-state index contributed by atoms with van der Waals surface area (Å²) in [5, 5.41) is 6.05. The van der Waals surface area contributed by atoms with Crippen LogP contribution in [0.3, 0.4) is 0 Å². The average molecular weight is 413 g/mol. The normalized spacial score (nSPS) is 17.5. The quantitative estimate of drug-likeness (QED) is 0.767. The lowest BCUT2D eigenvalue weighted by Crippen LogP contribution is -2.29. The van der Waals surface area contributed by atoms with Crippen LogP contribution < -0.4 is 10.6 Å². The molecule has 0 spiro atoms. The minimum absolute atomic E-state index is 0.00248.